The standard InChI is InChI=1S/C13H20N2O/c1-15-8-7-11(9-14)13(15)10-3-5-12(16-2)6-4-10/h3-6,11,13H,7-9,14H2,1-2H3/t11-,13+/m0/s1. The lowest BCUT2D eigenvalue weighted by atomic mass is 9.94. The van der Waals surface area contributed by atoms with E-state index >= 15 is 0 Å². The zero-order chi connectivity index (χ0) is 11.5. The Hall–Kier alpha value is -1.06. The second kappa shape index (κ2) is 4.85. The number of methoxy groups -OCH3 is 1. The van der Waals surface area contributed by atoms with Gasteiger partial charge in [-0.25, -0.2) is 0 Å². The molecule has 1 aliphatic heterocycles. The minimum Gasteiger partial charge on any atom is -0.497 e. The molecule has 0 spiro atoms. The molecule has 1 saturated heterocycles. The highest BCUT2D eigenvalue weighted by atomic mass is 16.5. The summed E-state index contributed by atoms with van der Waals surface area (Å²) in [5.74, 6) is 1.49. The van der Waals surface area contributed by atoms with Crippen LogP contribution in [-0.2, 0) is 0 Å². The van der Waals surface area contributed by atoms with E-state index < -0.39 is 0 Å². The fourth-order valence-electron chi connectivity index (χ4n) is 2.60. The third kappa shape index (κ3) is 2.06. The fourth-order valence-corrected chi connectivity index (χ4v) is 2.60. The molecule has 0 saturated carbocycles. The van der Waals surface area contributed by atoms with Crippen LogP contribution in [-0.4, -0.2) is 32.1 Å². The average Bonchev–Trinajstić information content (AvgIpc) is 2.70. The Bertz CT molecular complexity index is 336. The van der Waals surface area contributed by atoms with Crippen molar-refractivity contribution in [2.24, 2.45) is 11.7 Å². The number of hydrogen-bond acceptors (Lipinski definition) is 3. The highest BCUT2D eigenvalue weighted by Gasteiger charge is 2.31. The first kappa shape index (κ1) is 11.4. The molecule has 0 aromatic heterocycles. The van der Waals surface area contributed by atoms with E-state index in [-0.39, 0.29) is 0 Å². The van der Waals surface area contributed by atoms with Gasteiger partial charge < -0.3 is 10.5 Å². The number of rotatable bonds is 3. The Kier molecular flexibility index (Phi) is 3.46. The molecule has 1 aromatic rings. The second-order valence-electron chi connectivity index (χ2n) is 4.48. The largest absolute Gasteiger partial charge is 0.497 e. The van der Waals surface area contributed by atoms with Crippen LogP contribution < -0.4 is 10.5 Å². The molecule has 3 heteroatoms. The maximum Gasteiger partial charge on any atom is 0.118 e. The Morgan fingerprint density at radius 2 is 2.06 bits per heavy atom. The summed E-state index contributed by atoms with van der Waals surface area (Å²) in [4.78, 5) is 2.39. The highest BCUT2D eigenvalue weighted by Crippen LogP contribution is 2.35. The summed E-state index contributed by atoms with van der Waals surface area (Å²) in [5, 5.41) is 0. The molecule has 0 unspecified atom stereocenters. The van der Waals surface area contributed by atoms with Gasteiger partial charge in [-0.3, -0.25) is 4.90 Å². The van der Waals surface area contributed by atoms with E-state index in [2.05, 4.69) is 24.1 Å². The normalized spacial score (nSPS) is 25.9. The Morgan fingerprint density at radius 3 is 2.62 bits per heavy atom. The van der Waals surface area contributed by atoms with Crippen molar-refractivity contribution < 1.29 is 4.74 Å². The lowest BCUT2D eigenvalue weighted by molar-refractivity contribution is 0.279. The lowest BCUT2D eigenvalue weighted by Crippen LogP contribution is -2.25. The first-order valence-corrected chi connectivity index (χ1v) is 5.80. The number of ether oxygens (including phenoxy) is 1. The molecule has 0 radical (unpaired) electrons. The summed E-state index contributed by atoms with van der Waals surface area (Å²) >= 11 is 0. The van der Waals surface area contributed by atoms with E-state index in [0.29, 0.717) is 12.0 Å². The average molecular weight is 220 g/mol. The third-order valence-corrected chi connectivity index (χ3v) is 3.53. The Morgan fingerprint density at radius 1 is 1.38 bits per heavy atom. The van der Waals surface area contributed by atoms with Gasteiger partial charge in [0.25, 0.3) is 0 Å². The summed E-state index contributed by atoms with van der Waals surface area (Å²) in [7, 11) is 3.87. The van der Waals surface area contributed by atoms with Gasteiger partial charge in [0, 0.05) is 6.04 Å². The van der Waals surface area contributed by atoms with Gasteiger partial charge in [0.2, 0.25) is 0 Å². The molecule has 1 aromatic carbocycles. The predicted octanol–water partition coefficient (Wildman–Crippen LogP) is 1.65. The van der Waals surface area contributed by atoms with Crippen molar-refractivity contribution in [2.45, 2.75) is 12.5 Å². The van der Waals surface area contributed by atoms with Crippen molar-refractivity contribution in [1.82, 2.24) is 4.90 Å². The SMILES string of the molecule is COc1ccc([C@@H]2[C@H](CN)CCN2C)cc1. The van der Waals surface area contributed by atoms with E-state index in [1.807, 2.05) is 12.1 Å². The van der Waals surface area contributed by atoms with Gasteiger partial charge >= 0.3 is 0 Å². The number of hydrogen-bond donors (Lipinski definition) is 1. The molecule has 0 aliphatic carbocycles. The first-order valence-electron chi connectivity index (χ1n) is 5.80. The van der Waals surface area contributed by atoms with E-state index in [1.54, 1.807) is 7.11 Å². The molecule has 88 valence electrons. The van der Waals surface area contributed by atoms with Gasteiger partial charge in [0.15, 0.2) is 0 Å². The minimum absolute atomic E-state index is 0.468. The highest BCUT2D eigenvalue weighted by molar-refractivity contribution is 5.30. The zero-order valence-electron chi connectivity index (χ0n) is 10.0. The molecule has 3 nitrogen and oxygen atoms in total. The van der Waals surface area contributed by atoms with Gasteiger partial charge in [-0.2, -0.15) is 0 Å². The van der Waals surface area contributed by atoms with Gasteiger partial charge in [0.1, 0.15) is 5.75 Å². The lowest BCUT2D eigenvalue weighted by Gasteiger charge is -2.24. The quantitative estimate of drug-likeness (QED) is 0.841. The summed E-state index contributed by atoms with van der Waals surface area (Å²) in [6.07, 6.45) is 1.20. The van der Waals surface area contributed by atoms with Gasteiger partial charge in [-0.05, 0) is 50.2 Å². The Labute approximate surface area is 97.2 Å². The van der Waals surface area contributed by atoms with Crippen molar-refractivity contribution in [3.63, 3.8) is 0 Å². The van der Waals surface area contributed by atoms with Crippen LogP contribution in [0.4, 0.5) is 0 Å². The van der Waals surface area contributed by atoms with Crippen LogP contribution >= 0.6 is 0 Å². The maximum atomic E-state index is 5.83. The van der Waals surface area contributed by atoms with Crippen molar-refractivity contribution in [3.8, 4) is 5.75 Å². The van der Waals surface area contributed by atoms with E-state index in [9.17, 15) is 0 Å². The van der Waals surface area contributed by atoms with Crippen LogP contribution in [0, 0.1) is 5.92 Å². The molecule has 1 aliphatic rings. The molecule has 16 heavy (non-hydrogen) atoms. The molecular weight excluding hydrogens is 200 g/mol. The summed E-state index contributed by atoms with van der Waals surface area (Å²) in [6, 6.07) is 8.81. The van der Waals surface area contributed by atoms with Crippen molar-refractivity contribution in [3.05, 3.63) is 29.8 Å². The molecular formula is C13H20N2O. The van der Waals surface area contributed by atoms with Crippen LogP contribution in [0.3, 0.4) is 0 Å². The number of nitrogens with two attached hydrogens (primary N) is 1. The molecule has 0 amide bonds. The first-order chi connectivity index (χ1) is 7.76. The van der Waals surface area contributed by atoms with E-state index in [0.717, 1.165) is 18.8 Å². The number of likely N-dealkylation sites (tertiary alicyclic amines) is 1. The van der Waals surface area contributed by atoms with Gasteiger partial charge in [-0.15, -0.1) is 0 Å². The van der Waals surface area contributed by atoms with Crippen molar-refractivity contribution >= 4 is 0 Å². The van der Waals surface area contributed by atoms with Crippen LogP contribution in [0.5, 0.6) is 5.75 Å². The monoisotopic (exact) mass is 220 g/mol. The van der Waals surface area contributed by atoms with Gasteiger partial charge in [0.05, 0.1) is 7.11 Å². The molecule has 1 fully saturated rings. The smallest absolute Gasteiger partial charge is 0.118 e. The number of benzene rings is 1. The predicted molar refractivity (Wildman–Crippen MR) is 65.5 cm³/mol. The fraction of sp³-hybridized carbons (Fsp3) is 0.538. The van der Waals surface area contributed by atoms with Gasteiger partial charge in [-0.1, -0.05) is 12.1 Å². The molecule has 2 atom stereocenters. The van der Waals surface area contributed by atoms with Crippen molar-refractivity contribution in [1.29, 1.82) is 0 Å². The van der Waals surface area contributed by atoms with E-state index in [4.69, 9.17) is 10.5 Å². The second-order valence-corrected chi connectivity index (χ2v) is 4.48. The summed E-state index contributed by atoms with van der Waals surface area (Å²) < 4.78 is 5.17. The molecule has 1 heterocycles. The summed E-state index contributed by atoms with van der Waals surface area (Å²) in [5.41, 5.74) is 7.17. The van der Waals surface area contributed by atoms with Crippen LogP contribution in [0.2, 0.25) is 0 Å². The molecule has 2 rings (SSSR count). The molecule has 2 N–H and O–H groups in total. The minimum atomic E-state index is 0.468. The van der Waals surface area contributed by atoms with E-state index in [1.165, 1.54) is 12.0 Å². The third-order valence-electron chi connectivity index (χ3n) is 3.53. The van der Waals surface area contributed by atoms with Crippen LogP contribution in [0.15, 0.2) is 24.3 Å². The van der Waals surface area contributed by atoms with Crippen LogP contribution in [0.1, 0.15) is 18.0 Å². The van der Waals surface area contributed by atoms with Crippen molar-refractivity contribution in [2.75, 3.05) is 27.2 Å². The zero-order valence-corrected chi connectivity index (χ0v) is 10.0. The number of nitrogens with zero attached hydrogens (tertiary/aromatic N) is 1. The maximum absolute atomic E-state index is 5.83. The Balaban J connectivity index is 2.21. The topological polar surface area (TPSA) is 38.5 Å². The molecule has 0 bridgehead atoms. The summed E-state index contributed by atoms with van der Waals surface area (Å²) in [6.45, 7) is 1.90. The van der Waals surface area contributed by atoms with Crippen LogP contribution in [0.25, 0.3) is 0 Å².